The van der Waals surface area contributed by atoms with Gasteiger partial charge in [-0.15, -0.1) is 0 Å². The SMILES string of the molecule is CN(C)C1(CNc2ccc(C#N)c(F)c2F)CCC1. The van der Waals surface area contributed by atoms with E-state index in [-0.39, 0.29) is 16.8 Å². The fourth-order valence-electron chi connectivity index (χ4n) is 2.40. The summed E-state index contributed by atoms with van der Waals surface area (Å²) in [6.07, 6.45) is 3.25. The highest BCUT2D eigenvalue weighted by Crippen LogP contribution is 2.36. The number of anilines is 1. The van der Waals surface area contributed by atoms with Gasteiger partial charge in [-0.1, -0.05) is 0 Å². The summed E-state index contributed by atoms with van der Waals surface area (Å²) in [6.45, 7) is 0.572. The fourth-order valence-corrected chi connectivity index (χ4v) is 2.40. The summed E-state index contributed by atoms with van der Waals surface area (Å²) < 4.78 is 27.2. The first-order valence-corrected chi connectivity index (χ1v) is 6.29. The molecule has 5 heteroatoms. The molecule has 0 amide bonds. The van der Waals surface area contributed by atoms with Crippen LogP contribution in [0.15, 0.2) is 12.1 Å². The number of nitrogens with zero attached hydrogens (tertiary/aromatic N) is 2. The summed E-state index contributed by atoms with van der Waals surface area (Å²) in [6, 6.07) is 4.34. The first-order chi connectivity index (χ1) is 9.00. The van der Waals surface area contributed by atoms with Crippen molar-refractivity contribution in [2.75, 3.05) is 26.0 Å². The molecule has 0 heterocycles. The molecule has 1 saturated carbocycles. The van der Waals surface area contributed by atoms with Crippen LogP contribution in [0.2, 0.25) is 0 Å². The maximum Gasteiger partial charge on any atom is 0.183 e. The van der Waals surface area contributed by atoms with Crippen molar-refractivity contribution in [3.63, 3.8) is 0 Å². The number of likely N-dealkylation sites (N-methyl/N-ethyl adjacent to an activating group) is 1. The minimum absolute atomic E-state index is 0.0246. The number of rotatable bonds is 4. The highest BCUT2D eigenvalue weighted by atomic mass is 19.2. The van der Waals surface area contributed by atoms with Gasteiger partial charge >= 0.3 is 0 Å². The number of hydrogen-bond donors (Lipinski definition) is 1. The van der Waals surface area contributed by atoms with Crippen LogP contribution in [0.4, 0.5) is 14.5 Å². The van der Waals surface area contributed by atoms with E-state index in [1.165, 1.54) is 12.1 Å². The Hall–Kier alpha value is -1.67. The molecule has 1 fully saturated rings. The van der Waals surface area contributed by atoms with E-state index in [0.29, 0.717) is 6.54 Å². The van der Waals surface area contributed by atoms with E-state index >= 15 is 0 Å². The normalized spacial score (nSPS) is 16.8. The van der Waals surface area contributed by atoms with Crippen molar-refractivity contribution in [3.05, 3.63) is 29.3 Å². The fraction of sp³-hybridized carbons (Fsp3) is 0.500. The van der Waals surface area contributed by atoms with Crippen molar-refractivity contribution in [1.82, 2.24) is 4.90 Å². The Labute approximate surface area is 111 Å². The molecular weight excluding hydrogens is 248 g/mol. The van der Waals surface area contributed by atoms with E-state index in [1.54, 1.807) is 6.07 Å². The van der Waals surface area contributed by atoms with E-state index in [2.05, 4.69) is 10.2 Å². The van der Waals surface area contributed by atoms with Crippen LogP contribution in [-0.4, -0.2) is 31.1 Å². The van der Waals surface area contributed by atoms with E-state index in [0.717, 1.165) is 19.3 Å². The standard InChI is InChI=1S/C14H17F2N3/c1-19(2)14(6-3-7-14)9-18-11-5-4-10(8-17)12(15)13(11)16/h4-5,18H,3,6-7,9H2,1-2H3. The van der Waals surface area contributed by atoms with Crippen LogP contribution in [0.3, 0.4) is 0 Å². The van der Waals surface area contributed by atoms with Crippen LogP contribution < -0.4 is 5.32 Å². The summed E-state index contributed by atoms with van der Waals surface area (Å²) in [5.41, 5.74) is -0.129. The van der Waals surface area contributed by atoms with Gasteiger partial charge in [-0.2, -0.15) is 5.26 Å². The molecule has 3 nitrogen and oxygen atoms in total. The Balaban J connectivity index is 2.13. The lowest BCUT2D eigenvalue weighted by Gasteiger charge is -2.47. The number of halogens is 2. The Kier molecular flexibility index (Phi) is 3.72. The third-order valence-corrected chi connectivity index (χ3v) is 4.04. The zero-order valence-corrected chi connectivity index (χ0v) is 11.1. The van der Waals surface area contributed by atoms with Gasteiger partial charge in [0.15, 0.2) is 11.6 Å². The molecule has 19 heavy (non-hydrogen) atoms. The molecule has 0 saturated heterocycles. The van der Waals surface area contributed by atoms with Crippen LogP contribution in [0.5, 0.6) is 0 Å². The molecule has 1 aromatic carbocycles. The average Bonchev–Trinajstić information content (AvgIpc) is 2.32. The van der Waals surface area contributed by atoms with Gasteiger partial charge in [-0.25, -0.2) is 8.78 Å². The molecular formula is C14H17F2N3. The molecule has 1 N–H and O–H groups in total. The highest BCUT2D eigenvalue weighted by Gasteiger charge is 2.38. The topological polar surface area (TPSA) is 39.1 Å². The van der Waals surface area contributed by atoms with Crippen LogP contribution in [0.25, 0.3) is 0 Å². The van der Waals surface area contributed by atoms with Crippen LogP contribution in [0, 0.1) is 23.0 Å². The van der Waals surface area contributed by atoms with Crippen molar-refractivity contribution in [1.29, 1.82) is 5.26 Å². The smallest absolute Gasteiger partial charge is 0.183 e. The maximum absolute atomic E-state index is 13.7. The summed E-state index contributed by atoms with van der Waals surface area (Å²) in [4.78, 5) is 2.13. The Morgan fingerprint density at radius 1 is 1.32 bits per heavy atom. The zero-order chi connectivity index (χ0) is 14.0. The van der Waals surface area contributed by atoms with Gasteiger partial charge in [0.2, 0.25) is 0 Å². The van der Waals surface area contributed by atoms with E-state index < -0.39 is 11.6 Å². The highest BCUT2D eigenvalue weighted by molar-refractivity contribution is 5.50. The minimum Gasteiger partial charge on any atom is -0.381 e. The van der Waals surface area contributed by atoms with Crippen molar-refractivity contribution in [3.8, 4) is 6.07 Å². The van der Waals surface area contributed by atoms with E-state index in [9.17, 15) is 8.78 Å². The minimum atomic E-state index is -1.08. The molecule has 1 aliphatic carbocycles. The molecule has 0 spiro atoms. The van der Waals surface area contributed by atoms with Gasteiger partial charge in [0.05, 0.1) is 11.3 Å². The van der Waals surface area contributed by atoms with E-state index in [4.69, 9.17) is 5.26 Å². The molecule has 102 valence electrons. The zero-order valence-electron chi connectivity index (χ0n) is 11.1. The van der Waals surface area contributed by atoms with Gasteiger partial charge in [0, 0.05) is 12.1 Å². The first kappa shape index (κ1) is 13.8. The lowest BCUT2D eigenvalue weighted by molar-refractivity contribution is 0.0738. The van der Waals surface area contributed by atoms with E-state index in [1.807, 2.05) is 14.1 Å². The molecule has 0 atom stereocenters. The van der Waals surface area contributed by atoms with Crippen molar-refractivity contribution in [2.24, 2.45) is 0 Å². The van der Waals surface area contributed by atoms with Gasteiger partial charge in [-0.3, -0.25) is 0 Å². The monoisotopic (exact) mass is 265 g/mol. The summed E-state index contributed by atoms with van der Waals surface area (Å²) in [7, 11) is 3.99. The number of nitrogens with one attached hydrogen (secondary N) is 1. The number of hydrogen-bond acceptors (Lipinski definition) is 3. The predicted octanol–water partition coefficient (Wildman–Crippen LogP) is 2.73. The molecule has 0 unspecified atom stereocenters. The Morgan fingerprint density at radius 2 is 2.00 bits per heavy atom. The van der Waals surface area contributed by atoms with Crippen molar-refractivity contribution >= 4 is 5.69 Å². The van der Waals surface area contributed by atoms with Gasteiger partial charge in [0.25, 0.3) is 0 Å². The summed E-state index contributed by atoms with van der Waals surface area (Å²) in [5.74, 6) is -2.06. The average molecular weight is 265 g/mol. The molecule has 0 radical (unpaired) electrons. The summed E-state index contributed by atoms with van der Waals surface area (Å²) >= 11 is 0. The molecule has 0 aromatic heterocycles. The van der Waals surface area contributed by atoms with Crippen molar-refractivity contribution < 1.29 is 8.78 Å². The second-order valence-corrected chi connectivity index (χ2v) is 5.23. The molecule has 2 rings (SSSR count). The second kappa shape index (κ2) is 5.14. The van der Waals surface area contributed by atoms with Crippen LogP contribution in [-0.2, 0) is 0 Å². The van der Waals surface area contributed by atoms with Gasteiger partial charge in [0.1, 0.15) is 6.07 Å². The lowest BCUT2D eigenvalue weighted by Crippen LogP contribution is -2.54. The predicted molar refractivity (Wildman–Crippen MR) is 69.8 cm³/mol. The molecule has 0 aliphatic heterocycles. The van der Waals surface area contributed by atoms with Gasteiger partial charge in [-0.05, 0) is 45.5 Å². The Morgan fingerprint density at radius 3 is 2.47 bits per heavy atom. The third-order valence-electron chi connectivity index (χ3n) is 4.04. The second-order valence-electron chi connectivity index (χ2n) is 5.23. The van der Waals surface area contributed by atoms with Gasteiger partial charge < -0.3 is 10.2 Å². The lowest BCUT2D eigenvalue weighted by atomic mass is 9.75. The van der Waals surface area contributed by atoms with Crippen LogP contribution in [0.1, 0.15) is 24.8 Å². The number of benzene rings is 1. The Bertz CT molecular complexity index is 516. The molecule has 1 aliphatic rings. The third kappa shape index (κ3) is 2.41. The molecule has 1 aromatic rings. The number of nitriles is 1. The largest absolute Gasteiger partial charge is 0.381 e. The quantitative estimate of drug-likeness (QED) is 0.909. The maximum atomic E-state index is 13.7. The summed E-state index contributed by atoms with van der Waals surface area (Å²) in [5, 5.41) is 11.6. The first-order valence-electron chi connectivity index (χ1n) is 6.29. The van der Waals surface area contributed by atoms with Crippen molar-refractivity contribution in [2.45, 2.75) is 24.8 Å². The van der Waals surface area contributed by atoms with Crippen LogP contribution >= 0.6 is 0 Å². The molecule has 0 bridgehead atoms.